The Morgan fingerprint density at radius 1 is 1.21 bits per heavy atom. The van der Waals surface area contributed by atoms with E-state index in [1.807, 2.05) is 11.6 Å². The van der Waals surface area contributed by atoms with Crippen molar-refractivity contribution >= 4 is 22.6 Å². The van der Waals surface area contributed by atoms with Crippen molar-refractivity contribution in [1.82, 2.24) is 34.8 Å². The average molecular weight is 532 g/mol. The number of H-pyrrole nitrogens is 1. The number of aromatic nitrogens is 5. The molecule has 0 saturated heterocycles. The molecule has 4 heterocycles. The van der Waals surface area contributed by atoms with E-state index in [2.05, 4.69) is 66.4 Å². The maximum atomic E-state index is 12.4. The molecular formula is C30H41N7O2. The van der Waals surface area contributed by atoms with E-state index >= 15 is 0 Å². The summed E-state index contributed by atoms with van der Waals surface area (Å²) < 4.78 is 6.94. The van der Waals surface area contributed by atoms with Gasteiger partial charge in [0.1, 0.15) is 6.33 Å². The number of fused-ring (bicyclic) bond motifs is 2. The molecule has 4 aromatic rings. The van der Waals surface area contributed by atoms with Gasteiger partial charge >= 0.3 is 0 Å². The molecule has 9 heteroatoms. The Labute approximate surface area is 230 Å². The Kier molecular flexibility index (Phi) is 8.00. The molecule has 0 unspecified atom stereocenters. The second-order valence-electron chi connectivity index (χ2n) is 11.3. The van der Waals surface area contributed by atoms with Gasteiger partial charge in [-0.3, -0.25) is 9.78 Å². The van der Waals surface area contributed by atoms with Gasteiger partial charge in [-0.1, -0.05) is 13.8 Å². The van der Waals surface area contributed by atoms with E-state index in [1.165, 1.54) is 16.8 Å². The molecular weight excluding hydrogens is 490 g/mol. The molecule has 4 aromatic heterocycles. The van der Waals surface area contributed by atoms with E-state index in [1.54, 1.807) is 18.3 Å². The molecule has 208 valence electrons. The standard InChI is InChI=1S/C30H41N7O2/c1-18(2)27-28(23-16-37-30(32-17-33-37)20(4)19(23)3)35-25-12-11-24(34-29(25)27)21-7-9-22(10-8-21)31-15-26(38)36(5)13-14-39-6/h11-12,16-18,21-22,31,35H,7-10,13-15H2,1-6H3. The first-order valence-electron chi connectivity index (χ1n) is 14.1. The van der Waals surface area contributed by atoms with Crippen LogP contribution in [0.3, 0.4) is 0 Å². The van der Waals surface area contributed by atoms with Crippen LogP contribution < -0.4 is 5.32 Å². The molecule has 0 bridgehead atoms. The van der Waals surface area contributed by atoms with Crippen LogP contribution in [0.15, 0.2) is 24.7 Å². The van der Waals surface area contributed by atoms with Gasteiger partial charge in [0.25, 0.3) is 0 Å². The Balaban J connectivity index is 1.34. The third kappa shape index (κ3) is 5.43. The van der Waals surface area contributed by atoms with Crippen molar-refractivity contribution in [2.75, 3.05) is 33.9 Å². The molecule has 5 rings (SSSR count). The van der Waals surface area contributed by atoms with E-state index in [-0.39, 0.29) is 5.91 Å². The van der Waals surface area contributed by atoms with Crippen LogP contribution in [0, 0.1) is 13.8 Å². The number of carbonyl (C=O) groups is 1. The number of methoxy groups -OCH3 is 1. The number of nitrogens with one attached hydrogen (secondary N) is 2. The lowest BCUT2D eigenvalue weighted by Gasteiger charge is -2.29. The highest BCUT2D eigenvalue weighted by Crippen LogP contribution is 2.39. The first-order valence-corrected chi connectivity index (χ1v) is 14.1. The summed E-state index contributed by atoms with van der Waals surface area (Å²) in [5.41, 5.74) is 10.1. The van der Waals surface area contributed by atoms with Crippen LogP contribution in [0.4, 0.5) is 0 Å². The van der Waals surface area contributed by atoms with Gasteiger partial charge in [0.2, 0.25) is 5.91 Å². The minimum atomic E-state index is 0.110. The maximum absolute atomic E-state index is 12.4. The predicted molar refractivity (Wildman–Crippen MR) is 154 cm³/mol. The largest absolute Gasteiger partial charge is 0.383 e. The smallest absolute Gasteiger partial charge is 0.236 e. The summed E-state index contributed by atoms with van der Waals surface area (Å²) in [6.45, 7) is 10.3. The summed E-state index contributed by atoms with van der Waals surface area (Å²) in [6.07, 6.45) is 7.92. The first-order chi connectivity index (χ1) is 18.8. The van der Waals surface area contributed by atoms with Crippen molar-refractivity contribution in [1.29, 1.82) is 0 Å². The number of rotatable bonds is 9. The van der Waals surface area contributed by atoms with Crippen molar-refractivity contribution < 1.29 is 9.53 Å². The molecule has 1 aliphatic rings. The van der Waals surface area contributed by atoms with Gasteiger partial charge in [0, 0.05) is 55.7 Å². The fourth-order valence-corrected chi connectivity index (χ4v) is 5.87. The first kappa shape index (κ1) is 27.3. The number of aryl methyl sites for hydroxylation is 1. The van der Waals surface area contributed by atoms with E-state index in [9.17, 15) is 4.79 Å². The number of amides is 1. The van der Waals surface area contributed by atoms with Gasteiger partial charge in [0.05, 0.1) is 29.9 Å². The number of pyridine rings is 2. The zero-order chi connectivity index (χ0) is 27.7. The molecule has 1 aliphatic carbocycles. The minimum Gasteiger partial charge on any atom is -0.383 e. The van der Waals surface area contributed by atoms with Crippen LogP contribution in [-0.4, -0.2) is 75.3 Å². The van der Waals surface area contributed by atoms with Crippen LogP contribution in [0.25, 0.3) is 27.9 Å². The topological polar surface area (TPSA) is 100 Å². The Morgan fingerprint density at radius 2 is 1.97 bits per heavy atom. The van der Waals surface area contributed by atoms with Crippen LogP contribution in [0.1, 0.15) is 73.8 Å². The van der Waals surface area contributed by atoms with Gasteiger partial charge in [-0.25, -0.2) is 9.50 Å². The quantitative estimate of drug-likeness (QED) is 0.324. The second kappa shape index (κ2) is 11.4. The minimum absolute atomic E-state index is 0.110. The molecule has 0 radical (unpaired) electrons. The number of hydrogen-bond acceptors (Lipinski definition) is 6. The van der Waals surface area contributed by atoms with E-state index in [4.69, 9.17) is 9.72 Å². The lowest BCUT2D eigenvalue weighted by Crippen LogP contribution is -2.42. The number of hydrogen-bond donors (Lipinski definition) is 2. The number of nitrogens with zero attached hydrogens (tertiary/aromatic N) is 5. The van der Waals surface area contributed by atoms with Gasteiger partial charge in [-0.15, -0.1) is 0 Å². The number of carbonyl (C=O) groups excluding carboxylic acids is 1. The van der Waals surface area contributed by atoms with E-state index in [0.29, 0.717) is 37.6 Å². The summed E-state index contributed by atoms with van der Waals surface area (Å²) in [7, 11) is 3.48. The highest BCUT2D eigenvalue weighted by molar-refractivity contribution is 5.89. The fraction of sp³-hybridized carbons (Fsp3) is 0.533. The maximum Gasteiger partial charge on any atom is 0.236 e. The molecule has 0 spiro atoms. The molecule has 0 aromatic carbocycles. The predicted octanol–water partition coefficient (Wildman–Crippen LogP) is 4.73. The second-order valence-corrected chi connectivity index (χ2v) is 11.3. The highest BCUT2D eigenvalue weighted by atomic mass is 16.5. The van der Waals surface area contributed by atoms with Crippen molar-refractivity contribution in [3.8, 4) is 11.3 Å². The zero-order valence-electron chi connectivity index (χ0n) is 24.0. The summed E-state index contributed by atoms with van der Waals surface area (Å²) in [4.78, 5) is 27.5. The van der Waals surface area contributed by atoms with Crippen molar-refractivity contribution in [3.05, 3.63) is 47.0 Å². The molecule has 1 saturated carbocycles. The summed E-state index contributed by atoms with van der Waals surface area (Å²) >= 11 is 0. The van der Waals surface area contributed by atoms with Crippen LogP contribution >= 0.6 is 0 Å². The SMILES string of the molecule is COCCN(C)C(=O)CNC1CCC(c2ccc3[nH]c(-c4cn5ncnc5c(C)c4C)c(C(C)C)c3n2)CC1. The number of likely N-dealkylation sites (N-methyl/N-ethyl adjacent to an activating group) is 1. The third-order valence-electron chi connectivity index (χ3n) is 8.42. The third-order valence-corrected chi connectivity index (χ3v) is 8.42. The van der Waals surface area contributed by atoms with Crippen LogP contribution in [-0.2, 0) is 9.53 Å². The molecule has 0 aliphatic heterocycles. The Morgan fingerprint density at radius 3 is 2.69 bits per heavy atom. The molecule has 1 amide bonds. The number of aromatic amines is 1. The van der Waals surface area contributed by atoms with Crippen molar-refractivity contribution in [2.45, 2.75) is 71.3 Å². The molecule has 0 atom stereocenters. The molecule has 2 N–H and O–H groups in total. The van der Waals surface area contributed by atoms with Gasteiger partial charge in [0.15, 0.2) is 5.65 Å². The van der Waals surface area contributed by atoms with Crippen molar-refractivity contribution in [2.24, 2.45) is 0 Å². The van der Waals surface area contributed by atoms with Crippen LogP contribution in [0.5, 0.6) is 0 Å². The highest BCUT2D eigenvalue weighted by Gasteiger charge is 2.26. The van der Waals surface area contributed by atoms with Gasteiger partial charge < -0.3 is 19.9 Å². The monoisotopic (exact) mass is 531 g/mol. The zero-order valence-corrected chi connectivity index (χ0v) is 24.0. The Bertz CT molecular complexity index is 1460. The lowest BCUT2D eigenvalue weighted by atomic mass is 9.83. The van der Waals surface area contributed by atoms with Gasteiger partial charge in [-0.2, -0.15) is 5.10 Å². The summed E-state index contributed by atoms with van der Waals surface area (Å²) in [5, 5.41) is 7.88. The van der Waals surface area contributed by atoms with E-state index < -0.39 is 0 Å². The normalized spacial score (nSPS) is 17.9. The lowest BCUT2D eigenvalue weighted by molar-refractivity contribution is -0.129. The van der Waals surface area contributed by atoms with Crippen LogP contribution in [0.2, 0.25) is 0 Å². The molecule has 1 fully saturated rings. The summed E-state index contributed by atoms with van der Waals surface area (Å²) in [5.74, 6) is 0.850. The van der Waals surface area contributed by atoms with Crippen molar-refractivity contribution in [3.63, 3.8) is 0 Å². The molecule has 39 heavy (non-hydrogen) atoms. The van der Waals surface area contributed by atoms with E-state index in [0.717, 1.165) is 59.2 Å². The Hall–Kier alpha value is -3.30. The fourth-order valence-electron chi connectivity index (χ4n) is 5.87. The average Bonchev–Trinajstić information content (AvgIpc) is 3.57. The van der Waals surface area contributed by atoms with Gasteiger partial charge in [-0.05, 0) is 68.7 Å². The number of ether oxygens (including phenoxy) is 1. The molecule has 9 nitrogen and oxygen atoms in total. The summed E-state index contributed by atoms with van der Waals surface area (Å²) in [6, 6.07) is 4.76.